The number of nitrogens with one attached hydrogen (secondary N) is 1. The number of nitrogens with zero attached hydrogens (tertiary/aromatic N) is 2. The molecule has 1 aromatic heterocycles. The summed E-state index contributed by atoms with van der Waals surface area (Å²) >= 11 is 6.19. The second-order valence-corrected chi connectivity index (χ2v) is 4.98. The second-order valence-electron chi connectivity index (χ2n) is 4.57. The van der Waals surface area contributed by atoms with Gasteiger partial charge in [-0.05, 0) is 42.3 Å². The van der Waals surface area contributed by atoms with Crippen LogP contribution >= 0.6 is 11.6 Å². The molecule has 2 aromatic rings. The molecule has 0 fully saturated rings. The molecule has 0 saturated heterocycles. The summed E-state index contributed by atoms with van der Waals surface area (Å²) in [4.78, 5) is 3.99. The molecule has 4 N–H and O–H groups in total. The molecule has 0 spiro atoms. The van der Waals surface area contributed by atoms with Crippen molar-refractivity contribution in [2.75, 3.05) is 6.54 Å². The standard InChI is InChI=1S/C15H17ClN4O/c16-14-9-12(15(17)20-21)1-2-13(14)10-19-8-5-11-3-6-18-7-4-11/h1-4,6-7,9,19,21H,5,8,10H2,(H2,17,20). The van der Waals surface area contributed by atoms with Crippen LogP contribution in [0.5, 0.6) is 0 Å². The van der Waals surface area contributed by atoms with Crippen molar-refractivity contribution in [1.82, 2.24) is 10.3 Å². The van der Waals surface area contributed by atoms with E-state index in [0.29, 0.717) is 17.1 Å². The minimum absolute atomic E-state index is 0.0501. The highest BCUT2D eigenvalue weighted by atomic mass is 35.5. The summed E-state index contributed by atoms with van der Waals surface area (Å²) < 4.78 is 0. The SMILES string of the molecule is N/C(=N/O)c1ccc(CNCCc2ccncc2)c(Cl)c1. The Kier molecular flexibility index (Phi) is 5.54. The van der Waals surface area contributed by atoms with Gasteiger partial charge in [-0.1, -0.05) is 28.9 Å². The highest BCUT2D eigenvalue weighted by Crippen LogP contribution is 2.17. The molecule has 0 aliphatic carbocycles. The van der Waals surface area contributed by atoms with Crippen LogP contribution in [0.4, 0.5) is 0 Å². The Morgan fingerprint density at radius 2 is 2.05 bits per heavy atom. The number of pyridine rings is 1. The topological polar surface area (TPSA) is 83.5 Å². The van der Waals surface area contributed by atoms with Crippen LogP contribution in [0.15, 0.2) is 47.9 Å². The van der Waals surface area contributed by atoms with Crippen molar-refractivity contribution < 1.29 is 5.21 Å². The van der Waals surface area contributed by atoms with E-state index in [1.54, 1.807) is 24.5 Å². The maximum atomic E-state index is 8.63. The van der Waals surface area contributed by atoms with E-state index >= 15 is 0 Å². The normalized spacial score (nSPS) is 11.6. The zero-order chi connectivity index (χ0) is 15.1. The Bertz CT molecular complexity index is 616. The molecule has 0 unspecified atom stereocenters. The lowest BCUT2D eigenvalue weighted by Crippen LogP contribution is -2.17. The van der Waals surface area contributed by atoms with Gasteiger partial charge in [0.05, 0.1) is 0 Å². The van der Waals surface area contributed by atoms with Crippen molar-refractivity contribution in [1.29, 1.82) is 0 Å². The van der Waals surface area contributed by atoms with E-state index in [-0.39, 0.29) is 5.84 Å². The molecule has 6 heteroatoms. The first kappa shape index (κ1) is 15.3. The molecule has 0 aliphatic heterocycles. The Hall–Kier alpha value is -2.11. The number of aromatic nitrogens is 1. The van der Waals surface area contributed by atoms with Crippen LogP contribution in [0.25, 0.3) is 0 Å². The molecule has 21 heavy (non-hydrogen) atoms. The third kappa shape index (κ3) is 4.44. The van der Waals surface area contributed by atoms with E-state index in [1.807, 2.05) is 18.2 Å². The zero-order valence-corrected chi connectivity index (χ0v) is 12.2. The highest BCUT2D eigenvalue weighted by molar-refractivity contribution is 6.31. The number of amidine groups is 1. The second kappa shape index (κ2) is 7.61. The van der Waals surface area contributed by atoms with E-state index in [2.05, 4.69) is 15.5 Å². The number of oxime groups is 1. The summed E-state index contributed by atoms with van der Waals surface area (Å²) in [5.41, 5.74) is 8.33. The van der Waals surface area contributed by atoms with Crippen molar-refractivity contribution in [3.8, 4) is 0 Å². The van der Waals surface area contributed by atoms with Crippen molar-refractivity contribution in [3.05, 3.63) is 64.4 Å². The van der Waals surface area contributed by atoms with Gasteiger partial charge in [0.1, 0.15) is 0 Å². The first-order chi connectivity index (χ1) is 10.2. The number of rotatable bonds is 6. The van der Waals surface area contributed by atoms with Crippen molar-refractivity contribution in [2.24, 2.45) is 10.9 Å². The molecule has 110 valence electrons. The van der Waals surface area contributed by atoms with Crippen LogP contribution in [0.3, 0.4) is 0 Å². The summed E-state index contributed by atoms with van der Waals surface area (Å²) in [7, 11) is 0. The number of nitrogens with two attached hydrogens (primary N) is 1. The molecule has 1 aromatic carbocycles. The summed E-state index contributed by atoms with van der Waals surface area (Å²) in [6, 6.07) is 9.34. The van der Waals surface area contributed by atoms with Gasteiger partial charge >= 0.3 is 0 Å². The van der Waals surface area contributed by atoms with E-state index in [0.717, 1.165) is 18.5 Å². The van der Waals surface area contributed by atoms with Crippen LogP contribution in [0.1, 0.15) is 16.7 Å². The molecule has 0 saturated carbocycles. The maximum absolute atomic E-state index is 8.63. The predicted octanol–water partition coefficient (Wildman–Crippen LogP) is 2.16. The van der Waals surface area contributed by atoms with Crippen LogP contribution in [-0.4, -0.2) is 22.6 Å². The van der Waals surface area contributed by atoms with Gasteiger partial charge in [0.2, 0.25) is 0 Å². The fourth-order valence-electron chi connectivity index (χ4n) is 1.91. The summed E-state index contributed by atoms with van der Waals surface area (Å²) in [6.45, 7) is 1.52. The van der Waals surface area contributed by atoms with Gasteiger partial charge in [0.15, 0.2) is 5.84 Å². The van der Waals surface area contributed by atoms with Crippen LogP contribution in [0.2, 0.25) is 5.02 Å². The van der Waals surface area contributed by atoms with E-state index in [4.69, 9.17) is 22.5 Å². The Morgan fingerprint density at radius 3 is 2.71 bits per heavy atom. The molecule has 0 amide bonds. The summed E-state index contributed by atoms with van der Waals surface area (Å²) in [5.74, 6) is 0.0501. The molecule has 0 bridgehead atoms. The molecular weight excluding hydrogens is 288 g/mol. The van der Waals surface area contributed by atoms with Gasteiger partial charge in [-0.15, -0.1) is 0 Å². The van der Waals surface area contributed by atoms with Gasteiger partial charge in [-0.3, -0.25) is 4.98 Å². The van der Waals surface area contributed by atoms with E-state index < -0.39 is 0 Å². The van der Waals surface area contributed by atoms with E-state index in [1.165, 1.54) is 5.56 Å². The quantitative estimate of drug-likeness (QED) is 0.251. The lowest BCUT2D eigenvalue weighted by Gasteiger charge is -2.08. The third-order valence-electron chi connectivity index (χ3n) is 3.11. The van der Waals surface area contributed by atoms with Gasteiger partial charge in [-0.2, -0.15) is 0 Å². The van der Waals surface area contributed by atoms with Gasteiger partial charge < -0.3 is 16.3 Å². The predicted molar refractivity (Wildman–Crippen MR) is 83.6 cm³/mol. The first-order valence-electron chi connectivity index (χ1n) is 6.56. The van der Waals surface area contributed by atoms with Gasteiger partial charge in [0.25, 0.3) is 0 Å². The Balaban J connectivity index is 1.86. The first-order valence-corrected chi connectivity index (χ1v) is 6.94. The van der Waals surface area contributed by atoms with Gasteiger partial charge in [0, 0.05) is 29.5 Å². The fourth-order valence-corrected chi connectivity index (χ4v) is 2.16. The largest absolute Gasteiger partial charge is 0.409 e. The molecule has 5 nitrogen and oxygen atoms in total. The van der Waals surface area contributed by atoms with Crippen molar-refractivity contribution in [3.63, 3.8) is 0 Å². The van der Waals surface area contributed by atoms with Crippen molar-refractivity contribution >= 4 is 17.4 Å². The number of hydrogen-bond donors (Lipinski definition) is 3. The molecule has 0 atom stereocenters. The van der Waals surface area contributed by atoms with Crippen LogP contribution in [0, 0.1) is 0 Å². The number of halogens is 1. The van der Waals surface area contributed by atoms with E-state index in [9.17, 15) is 0 Å². The number of benzene rings is 1. The maximum Gasteiger partial charge on any atom is 0.170 e. The molecule has 0 radical (unpaired) electrons. The van der Waals surface area contributed by atoms with Crippen molar-refractivity contribution in [2.45, 2.75) is 13.0 Å². The monoisotopic (exact) mass is 304 g/mol. The molecular formula is C15H17ClN4O. The highest BCUT2D eigenvalue weighted by Gasteiger charge is 2.05. The van der Waals surface area contributed by atoms with Gasteiger partial charge in [-0.25, -0.2) is 0 Å². The number of hydrogen-bond acceptors (Lipinski definition) is 4. The fraction of sp³-hybridized carbons (Fsp3) is 0.200. The Labute approximate surface area is 128 Å². The van der Waals surface area contributed by atoms with Crippen LogP contribution < -0.4 is 11.1 Å². The third-order valence-corrected chi connectivity index (χ3v) is 3.46. The Morgan fingerprint density at radius 1 is 1.29 bits per heavy atom. The lowest BCUT2D eigenvalue weighted by atomic mass is 10.1. The minimum atomic E-state index is 0.0501. The molecule has 2 rings (SSSR count). The zero-order valence-electron chi connectivity index (χ0n) is 11.5. The summed E-state index contributed by atoms with van der Waals surface area (Å²) in [6.07, 6.45) is 4.51. The lowest BCUT2D eigenvalue weighted by molar-refractivity contribution is 0.318. The molecule has 0 aliphatic rings. The average Bonchev–Trinajstić information content (AvgIpc) is 2.53. The summed E-state index contributed by atoms with van der Waals surface area (Å²) in [5, 5.41) is 15.5. The minimum Gasteiger partial charge on any atom is -0.409 e. The van der Waals surface area contributed by atoms with Crippen LogP contribution in [-0.2, 0) is 13.0 Å². The smallest absolute Gasteiger partial charge is 0.170 e. The average molecular weight is 305 g/mol. The molecule has 1 heterocycles.